The average Bonchev–Trinajstić information content (AvgIpc) is 3.34. The van der Waals surface area contributed by atoms with E-state index in [1.54, 1.807) is 19.9 Å². The smallest absolute Gasteiger partial charge is 0.481 e. The number of esters is 1. The maximum Gasteiger partial charge on any atom is 0.519 e. The van der Waals surface area contributed by atoms with Crippen molar-refractivity contribution in [3.05, 3.63) is 106 Å². The van der Waals surface area contributed by atoms with Gasteiger partial charge in [-0.1, -0.05) is 37.8 Å². The van der Waals surface area contributed by atoms with Crippen molar-refractivity contribution in [2.24, 2.45) is 5.92 Å². The predicted octanol–water partition coefficient (Wildman–Crippen LogP) is 7.34. The van der Waals surface area contributed by atoms with Gasteiger partial charge in [-0.25, -0.2) is 14.2 Å². The number of methoxy groups -OCH3 is 1. The van der Waals surface area contributed by atoms with Gasteiger partial charge in [0.05, 0.1) is 19.2 Å². The van der Waals surface area contributed by atoms with Crippen LogP contribution in [-0.4, -0.2) is 35.0 Å². The summed E-state index contributed by atoms with van der Waals surface area (Å²) < 4.78 is 41.5. The standard InChI is InChI=1S/C36H41FN2O7/c1-21(2)39(22(3)4)19-28-16-27(12-13-30(28)31-17-34(42-8)38-18-32(31)37)24(6)44-29-11-9-10-26(15-29)14-23(5)35(40)43-20-33-25(7)45-36(41)46-33/h9-13,15-18,21-23H,6,14,19-20H2,1-5,7-8H3. The average molecular weight is 633 g/mol. The molecule has 0 fully saturated rings. The Morgan fingerprint density at radius 2 is 1.76 bits per heavy atom. The normalized spacial score (nSPS) is 12.1. The summed E-state index contributed by atoms with van der Waals surface area (Å²) >= 11 is 0. The molecular formula is C36H41FN2O7. The Bertz CT molecular complexity index is 1730. The number of halogens is 1. The van der Waals surface area contributed by atoms with E-state index < -0.39 is 23.5 Å². The number of carbonyl (C=O) groups is 1. The molecular weight excluding hydrogens is 591 g/mol. The molecule has 1 unspecified atom stereocenters. The zero-order valence-electron chi connectivity index (χ0n) is 27.4. The van der Waals surface area contributed by atoms with E-state index in [2.05, 4.69) is 44.2 Å². The number of hydrogen-bond donors (Lipinski definition) is 0. The van der Waals surface area contributed by atoms with Crippen LogP contribution >= 0.6 is 0 Å². The van der Waals surface area contributed by atoms with Gasteiger partial charge in [-0.15, -0.1) is 0 Å². The molecule has 0 N–H and O–H groups in total. The molecule has 4 aromatic rings. The molecule has 4 rings (SSSR count). The molecule has 2 heterocycles. The van der Waals surface area contributed by atoms with Crippen LogP contribution in [0.5, 0.6) is 11.6 Å². The van der Waals surface area contributed by atoms with E-state index in [1.165, 1.54) is 13.3 Å². The maximum atomic E-state index is 15.1. The fourth-order valence-electron chi connectivity index (χ4n) is 5.22. The molecule has 0 spiro atoms. The van der Waals surface area contributed by atoms with Crippen LogP contribution in [0.4, 0.5) is 4.39 Å². The van der Waals surface area contributed by atoms with Crippen LogP contribution in [0.3, 0.4) is 0 Å². The second-order valence-electron chi connectivity index (χ2n) is 11.8. The number of aromatic nitrogens is 1. The predicted molar refractivity (Wildman–Crippen MR) is 173 cm³/mol. The fourth-order valence-corrected chi connectivity index (χ4v) is 5.22. The molecule has 46 heavy (non-hydrogen) atoms. The summed E-state index contributed by atoms with van der Waals surface area (Å²) in [6.07, 6.45) is 1.57. The highest BCUT2D eigenvalue weighted by molar-refractivity contribution is 5.73. The number of benzene rings is 2. The van der Waals surface area contributed by atoms with E-state index in [-0.39, 0.29) is 30.2 Å². The molecule has 9 nitrogen and oxygen atoms in total. The first kappa shape index (κ1) is 34.2. The lowest BCUT2D eigenvalue weighted by Gasteiger charge is -2.31. The van der Waals surface area contributed by atoms with Crippen LogP contribution in [0.25, 0.3) is 16.9 Å². The van der Waals surface area contributed by atoms with Gasteiger partial charge in [-0.2, -0.15) is 0 Å². The van der Waals surface area contributed by atoms with Gasteiger partial charge in [-0.05, 0) is 75.9 Å². The minimum atomic E-state index is -0.835. The van der Waals surface area contributed by atoms with E-state index in [4.69, 9.17) is 23.0 Å². The van der Waals surface area contributed by atoms with Gasteiger partial charge in [0.25, 0.3) is 0 Å². The number of aryl methyl sites for hydroxylation is 1. The van der Waals surface area contributed by atoms with Gasteiger partial charge in [-0.3, -0.25) is 9.69 Å². The molecule has 0 aliphatic heterocycles. The molecule has 1 atom stereocenters. The zero-order chi connectivity index (χ0) is 33.5. The Balaban J connectivity index is 1.52. The molecule has 2 aromatic heterocycles. The highest BCUT2D eigenvalue weighted by atomic mass is 19.1. The summed E-state index contributed by atoms with van der Waals surface area (Å²) in [5.74, 6) is -0.420. The molecule has 2 aromatic carbocycles. The van der Waals surface area contributed by atoms with Gasteiger partial charge in [0.1, 0.15) is 17.3 Å². The monoisotopic (exact) mass is 632 g/mol. The van der Waals surface area contributed by atoms with Gasteiger partial charge in [0, 0.05) is 35.8 Å². The van der Waals surface area contributed by atoms with E-state index >= 15 is 4.39 Å². The molecule has 0 radical (unpaired) electrons. The van der Waals surface area contributed by atoms with Crippen LogP contribution in [0.15, 0.2) is 74.9 Å². The first-order valence-corrected chi connectivity index (χ1v) is 15.2. The van der Waals surface area contributed by atoms with Crippen LogP contribution in [0.1, 0.15) is 62.8 Å². The Morgan fingerprint density at radius 1 is 1.02 bits per heavy atom. The van der Waals surface area contributed by atoms with Crippen molar-refractivity contribution in [1.29, 1.82) is 0 Å². The number of carbonyl (C=O) groups excluding carboxylic acids is 1. The third kappa shape index (κ3) is 8.51. The van der Waals surface area contributed by atoms with Crippen molar-refractivity contribution < 1.29 is 32.2 Å². The molecule has 244 valence electrons. The van der Waals surface area contributed by atoms with Crippen molar-refractivity contribution in [1.82, 2.24) is 9.88 Å². The highest BCUT2D eigenvalue weighted by Gasteiger charge is 2.21. The van der Waals surface area contributed by atoms with Crippen molar-refractivity contribution in [2.45, 2.75) is 73.2 Å². The summed E-state index contributed by atoms with van der Waals surface area (Å²) in [5, 5.41) is 0. The second kappa shape index (κ2) is 15.1. The van der Waals surface area contributed by atoms with Crippen LogP contribution in [0.2, 0.25) is 0 Å². The van der Waals surface area contributed by atoms with Gasteiger partial charge in [0.2, 0.25) is 5.88 Å². The summed E-state index contributed by atoms with van der Waals surface area (Å²) in [7, 11) is 1.50. The molecule has 10 heteroatoms. The summed E-state index contributed by atoms with van der Waals surface area (Å²) in [6, 6.07) is 15.2. The molecule has 0 aliphatic carbocycles. The topological polar surface area (TPSA) is 104 Å². The molecule has 0 aliphatic rings. The molecule has 0 saturated carbocycles. The van der Waals surface area contributed by atoms with E-state index in [1.807, 2.05) is 42.5 Å². The summed E-state index contributed by atoms with van der Waals surface area (Å²) in [6.45, 7) is 16.4. The van der Waals surface area contributed by atoms with Crippen molar-refractivity contribution in [2.75, 3.05) is 7.11 Å². The lowest BCUT2D eigenvalue weighted by atomic mass is 9.96. The number of nitrogens with zero attached hydrogens (tertiary/aromatic N) is 2. The summed E-state index contributed by atoms with van der Waals surface area (Å²) in [5.41, 5.74) is 3.65. The minimum absolute atomic E-state index is 0.183. The van der Waals surface area contributed by atoms with Gasteiger partial charge < -0.3 is 23.0 Å². The van der Waals surface area contributed by atoms with Crippen LogP contribution < -0.4 is 15.3 Å². The molecule has 0 saturated heterocycles. The number of rotatable bonds is 14. The van der Waals surface area contributed by atoms with Crippen LogP contribution in [0, 0.1) is 18.7 Å². The fraction of sp³-hybridized carbons (Fsp3) is 0.361. The Hall–Kier alpha value is -4.70. The van der Waals surface area contributed by atoms with E-state index in [9.17, 15) is 9.59 Å². The number of ether oxygens (including phenoxy) is 3. The first-order chi connectivity index (χ1) is 21.9. The SMILES string of the molecule is C=C(Oc1cccc(CC(C)C(=O)OCc2oc(=O)oc2C)c1)c1ccc(-c2cc(OC)ncc2F)c(CN(C(C)C)C(C)C)c1. The lowest BCUT2D eigenvalue weighted by Crippen LogP contribution is -2.36. The quantitative estimate of drug-likeness (QED) is 0.104. The van der Waals surface area contributed by atoms with Gasteiger partial charge in [0.15, 0.2) is 18.1 Å². The summed E-state index contributed by atoms with van der Waals surface area (Å²) in [4.78, 5) is 30.2. The second-order valence-corrected chi connectivity index (χ2v) is 11.8. The van der Waals surface area contributed by atoms with Gasteiger partial charge >= 0.3 is 11.8 Å². The largest absolute Gasteiger partial charge is 0.519 e. The molecule has 0 bridgehead atoms. The van der Waals surface area contributed by atoms with E-state index in [0.717, 1.165) is 22.3 Å². The third-order valence-corrected chi connectivity index (χ3v) is 7.70. The highest BCUT2D eigenvalue weighted by Crippen LogP contribution is 2.33. The van der Waals surface area contributed by atoms with E-state index in [0.29, 0.717) is 35.9 Å². The zero-order valence-corrected chi connectivity index (χ0v) is 27.4. The Kier molecular flexibility index (Phi) is 11.2. The first-order valence-electron chi connectivity index (χ1n) is 15.2. The van der Waals surface area contributed by atoms with Crippen molar-refractivity contribution in [3.63, 3.8) is 0 Å². The van der Waals surface area contributed by atoms with Crippen molar-refractivity contribution >= 4 is 11.7 Å². The Labute approximate surface area is 268 Å². The minimum Gasteiger partial charge on any atom is -0.481 e. The van der Waals surface area contributed by atoms with Crippen molar-refractivity contribution in [3.8, 4) is 22.8 Å². The number of hydrogen-bond acceptors (Lipinski definition) is 9. The number of pyridine rings is 1. The maximum absolute atomic E-state index is 15.1. The molecule has 0 amide bonds. The third-order valence-electron chi connectivity index (χ3n) is 7.70. The van der Waals surface area contributed by atoms with Crippen LogP contribution in [-0.2, 0) is 29.1 Å². The Morgan fingerprint density at radius 3 is 2.41 bits per heavy atom. The lowest BCUT2D eigenvalue weighted by molar-refractivity contribution is -0.149.